The third kappa shape index (κ3) is 2.40. The largest absolute Gasteiger partial charge is 0.300 e. The van der Waals surface area contributed by atoms with E-state index in [1.807, 2.05) is 0 Å². The van der Waals surface area contributed by atoms with E-state index in [1.165, 1.54) is 26.8 Å². The zero-order valence-corrected chi connectivity index (χ0v) is 11.2. The van der Waals surface area contributed by atoms with Crippen molar-refractivity contribution in [1.82, 2.24) is 13.9 Å². The van der Waals surface area contributed by atoms with Crippen molar-refractivity contribution >= 4 is 44.1 Å². The highest BCUT2D eigenvalue weighted by molar-refractivity contribution is 7.14. The predicted molar refractivity (Wildman–Crippen MR) is 74.6 cm³/mol. The molecule has 1 amide bonds. The highest BCUT2D eigenvalue weighted by Gasteiger charge is 2.11. The maximum absolute atomic E-state index is 12.0. The third-order valence-electron chi connectivity index (χ3n) is 2.39. The summed E-state index contributed by atoms with van der Waals surface area (Å²) in [5, 5.41) is 5.47. The van der Waals surface area contributed by atoms with Crippen molar-refractivity contribution in [2.45, 2.75) is 6.54 Å². The predicted octanol–water partition coefficient (Wildman–Crippen LogP) is 1.55. The van der Waals surface area contributed by atoms with Crippen LogP contribution in [0.3, 0.4) is 0 Å². The Bertz CT molecular complexity index is 775. The summed E-state index contributed by atoms with van der Waals surface area (Å²) in [6, 6.07) is 3.41. The molecule has 0 aromatic carbocycles. The molecule has 0 spiro atoms. The third-order valence-corrected chi connectivity index (χ3v) is 4.09. The van der Waals surface area contributed by atoms with Crippen LogP contribution in [0.2, 0.25) is 0 Å². The Balaban J connectivity index is 1.83. The van der Waals surface area contributed by atoms with Crippen molar-refractivity contribution in [2.75, 3.05) is 5.32 Å². The molecule has 8 heteroatoms. The summed E-state index contributed by atoms with van der Waals surface area (Å²) >= 11 is 2.51. The lowest BCUT2D eigenvalue weighted by atomic mass is 10.4. The molecule has 0 fully saturated rings. The Labute approximate surface area is 115 Å². The zero-order chi connectivity index (χ0) is 13.2. The van der Waals surface area contributed by atoms with Crippen LogP contribution in [0.5, 0.6) is 0 Å². The SMILES string of the molecule is O=C(Cn1sc2ncccc2c1=O)Nc1nccs1. The summed E-state index contributed by atoms with van der Waals surface area (Å²) in [6.45, 7) is -0.0283. The maximum Gasteiger partial charge on any atom is 0.270 e. The van der Waals surface area contributed by atoms with Gasteiger partial charge in [-0.15, -0.1) is 11.3 Å². The molecule has 0 atom stereocenters. The first-order chi connectivity index (χ1) is 9.24. The lowest BCUT2D eigenvalue weighted by Gasteiger charge is -2.00. The number of carbonyl (C=O) groups is 1. The minimum Gasteiger partial charge on any atom is -0.300 e. The van der Waals surface area contributed by atoms with E-state index < -0.39 is 0 Å². The first-order valence-corrected chi connectivity index (χ1v) is 7.03. The van der Waals surface area contributed by atoms with E-state index in [4.69, 9.17) is 0 Å². The fourth-order valence-corrected chi connectivity index (χ4v) is 3.06. The van der Waals surface area contributed by atoms with Crippen LogP contribution in [-0.2, 0) is 11.3 Å². The van der Waals surface area contributed by atoms with Crippen LogP contribution < -0.4 is 10.9 Å². The van der Waals surface area contributed by atoms with Gasteiger partial charge in [0.1, 0.15) is 11.4 Å². The summed E-state index contributed by atoms with van der Waals surface area (Å²) < 4.78 is 1.39. The number of rotatable bonds is 3. The molecule has 0 aliphatic carbocycles. The molecule has 3 aromatic heterocycles. The molecule has 3 aromatic rings. The van der Waals surface area contributed by atoms with E-state index in [2.05, 4.69) is 15.3 Å². The molecule has 0 radical (unpaired) electrons. The van der Waals surface area contributed by atoms with Crippen molar-refractivity contribution in [3.63, 3.8) is 0 Å². The Morgan fingerprint density at radius 1 is 1.37 bits per heavy atom. The van der Waals surface area contributed by atoms with Gasteiger partial charge in [0.05, 0.1) is 5.39 Å². The monoisotopic (exact) mass is 292 g/mol. The van der Waals surface area contributed by atoms with E-state index in [1.54, 1.807) is 29.9 Å². The molecule has 0 aliphatic heterocycles. The van der Waals surface area contributed by atoms with Crippen molar-refractivity contribution in [3.05, 3.63) is 40.3 Å². The molecule has 0 bridgehead atoms. The molecule has 3 rings (SSSR count). The molecule has 6 nitrogen and oxygen atoms in total. The maximum atomic E-state index is 12.0. The number of aromatic nitrogens is 3. The van der Waals surface area contributed by atoms with Gasteiger partial charge in [-0.25, -0.2) is 9.97 Å². The standard InChI is InChI=1S/C11H8N4O2S2/c16-8(14-11-13-4-5-18-11)6-15-10(17)7-2-1-3-12-9(7)19-15/h1-5H,6H2,(H,13,14,16). The van der Waals surface area contributed by atoms with E-state index in [0.717, 1.165) is 0 Å². The molecule has 0 saturated carbocycles. The van der Waals surface area contributed by atoms with Gasteiger partial charge in [0.2, 0.25) is 5.91 Å². The molecule has 1 N–H and O–H groups in total. The number of carbonyl (C=O) groups excluding carboxylic acids is 1. The number of amides is 1. The zero-order valence-electron chi connectivity index (χ0n) is 9.57. The quantitative estimate of drug-likeness (QED) is 0.794. The van der Waals surface area contributed by atoms with Gasteiger partial charge in [0, 0.05) is 17.8 Å². The summed E-state index contributed by atoms with van der Waals surface area (Å²) in [7, 11) is 0. The number of nitrogens with zero attached hydrogens (tertiary/aromatic N) is 3. The average molecular weight is 292 g/mol. The van der Waals surface area contributed by atoms with Gasteiger partial charge in [0.15, 0.2) is 5.13 Å². The van der Waals surface area contributed by atoms with Crippen molar-refractivity contribution in [3.8, 4) is 0 Å². The van der Waals surface area contributed by atoms with Gasteiger partial charge in [-0.1, -0.05) is 0 Å². The number of nitrogens with one attached hydrogen (secondary N) is 1. The van der Waals surface area contributed by atoms with E-state index >= 15 is 0 Å². The number of anilines is 1. The van der Waals surface area contributed by atoms with Gasteiger partial charge < -0.3 is 5.32 Å². The second kappa shape index (κ2) is 4.90. The smallest absolute Gasteiger partial charge is 0.270 e. The van der Waals surface area contributed by atoms with Gasteiger partial charge in [0.25, 0.3) is 5.56 Å². The second-order valence-electron chi connectivity index (χ2n) is 3.67. The minimum atomic E-state index is -0.274. The van der Waals surface area contributed by atoms with Crippen LogP contribution in [0.1, 0.15) is 0 Å². The molecule has 3 heterocycles. The molecular weight excluding hydrogens is 284 g/mol. The minimum absolute atomic E-state index is 0.0283. The Kier molecular flexibility index (Phi) is 3.10. The number of pyridine rings is 1. The number of hydrogen-bond acceptors (Lipinski definition) is 6. The van der Waals surface area contributed by atoms with Crippen LogP contribution in [0.4, 0.5) is 5.13 Å². The van der Waals surface area contributed by atoms with Crippen LogP contribution >= 0.6 is 22.9 Å². The lowest BCUT2D eigenvalue weighted by molar-refractivity contribution is -0.116. The Morgan fingerprint density at radius 2 is 2.26 bits per heavy atom. The molecule has 0 saturated heterocycles. The van der Waals surface area contributed by atoms with Crippen LogP contribution in [0.15, 0.2) is 34.7 Å². The highest BCUT2D eigenvalue weighted by Crippen LogP contribution is 2.14. The molecular formula is C11H8N4O2S2. The number of thiazole rings is 1. The Morgan fingerprint density at radius 3 is 3.00 bits per heavy atom. The normalized spacial score (nSPS) is 10.7. The number of fused-ring (bicyclic) bond motifs is 1. The summed E-state index contributed by atoms with van der Waals surface area (Å²) in [6.07, 6.45) is 3.23. The summed E-state index contributed by atoms with van der Waals surface area (Å²) in [5.74, 6) is -0.274. The van der Waals surface area contributed by atoms with Crippen molar-refractivity contribution in [2.24, 2.45) is 0 Å². The molecule has 0 unspecified atom stereocenters. The van der Waals surface area contributed by atoms with Crippen LogP contribution in [0, 0.1) is 0 Å². The fourth-order valence-electron chi connectivity index (χ4n) is 1.58. The van der Waals surface area contributed by atoms with Gasteiger partial charge in [-0.2, -0.15) is 0 Å². The highest BCUT2D eigenvalue weighted by atomic mass is 32.1. The summed E-state index contributed by atoms with van der Waals surface area (Å²) in [5.41, 5.74) is -0.192. The van der Waals surface area contributed by atoms with Crippen LogP contribution in [0.25, 0.3) is 10.2 Å². The lowest BCUT2D eigenvalue weighted by Crippen LogP contribution is -2.23. The summed E-state index contributed by atoms with van der Waals surface area (Å²) in [4.78, 5) is 32.5. The van der Waals surface area contributed by atoms with Gasteiger partial charge in [-0.3, -0.25) is 13.5 Å². The van der Waals surface area contributed by atoms with Gasteiger partial charge >= 0.3 is 0 Å². The average Bonchev–Trinajstić information content (AvgIpc) is 3.00. The molecule has 19 heavy (non-hydrogen) atoms. The number of hydrogen-bond donors (Lipinski definition) is 1. The van der Waals surface area contributed by atoms with Crippen LogP contribution in [-0.4, -0.2) is 19.8 Å². The van der Waals surface area contributed by atoms with Gasteiger partial charge in [-0.05, 0) is 23.7 Å². The van der Waals surface area contributed by atoms with Crippen molar-refractivity contribution in [1.29, 1.82) is 0 Å². The molecule has 0 aliphatic rings. The topological polar surface area (TPSA) is 76.9 Å². The molecule has 96 valence electrons. The first-order valence-electron chi connectivity index (χ1n) is 5.38. The fraction of sp³-hybridized carbons (Fsp3) is 0.0909. The van der Waals surface area contributed by atoms with E-state index in [9.17, 15) is 9.59 Å². The van der Waals surface area contributed by atoms with E-state index in [-0.39, 0.29) is 18.0 Å². The Hall–Kier alpha value is -2.06. The first kappa shape index (κ1) is 12.0. The van der Waals surface area contributed by atoms with E-state index in [0.29, 0.717) is 15.3 Å². The van der Waals surface area contributed by atoms with Crippen molar-refractivity contribution < 1.29 is 4.79 Å². The second-order valence-corrected chi connectivity index (χ2v) is 5.58.